The van der Waals surface area contributed by atoms with E-state index in [1.54, 1.807) is 6.26 Å². The summed E-state index contributed by atoms with van der Waals surface area (Å²) in [7, 11) is 0. The molecule has 1 aromatic carbocycles. The second kappa shape index (κ2) is 4.07. The molecule has 0 saturated heterocycles. The molecular weight excluding hydrogens is 188 g/mol. The lowest BCUT2D eigenvalue weighted by Gasteiger charge is -2.36. The third-order valence-corrected chi connectivity index (χ3v) is 2.98. The molecular formula is C13H16O2. The van der Waals surface area contributed by atoms with Gasteiger partial charge in [-0.3, -0.25) is 0 Å². The maximum absolute atomic E-state index is 10.4. The van der Waals surface area contributed by atoms with Gasteiger partial charge < -0.3 is 9.84 Å². The van der Waals surface area contributed by atoms with Gasteiger partial charge in [0.05, 0.1) is 6.26 Å². The van der Waals surface area contributed by atoms with Gasteiger partial charge in [-0.25, -0.2) is 0 Å². The Kier molecular flexibility index (Phi) is 2.78. The van der Waals surface area contributed by atoms with E-state index in [0.717, 1.165) is 5.56 Å². The standard InChI is InChI=1S/C13H16O2/c1-2-13(14)9-6-10-15-12(13)11-7-4-3-5-8-11/h3-8,10,12,14H,2,9H2,1H3/t12-,13-/m1/s1. The predicted octanol–water partition coefficient (Wildman–Crippen LogP) is 2.80. The highest BCUT2D eigenvalue weighted by molar-refractivity contribution is 5.22. The Morgan fingerprint density at radius 1 is 1.40 bits per heavy atom. The van der Waals surface area contributed by atoms with Crippen LogP contribution in [0.1, 0.15) is 31.4 Å². The van der Waals surface area contributed by atoms with Gasteiger partial charge in [-0.15, -0.1) is 0 Å². The van der Waals surface area contributed by atoms with Crippen LogP contribution in [0.5, 0.6) is 0 Å². The van der Waals surface area contributed by atoms with Gasteiger partial charge in [-0.05, 0) is 18.1 Å². The molecule has 0 fully saturated rings. The lowest BCUT2D eigenvalue weighted by atomic mass is 9.84. The van der Waals surface area contributed by atoms with Gasteiger partial charge in [0.15, 0.2) is 6.10 Å². The summed E-state index contributed by atoms with van der Waals surface area (Å²) in [6, 6.07) is 9.88. The Balaban J connectivity index is 2.31. The molecule has 0 radical (unpaired) electrons. The van der Waals surface area contributed by atoms with Gasteiger partial charge in [-0.1, -0.05) is 37.3 Å². The number of rotatable bonds is 2. The summed E-state index contributed by atoms with van der Waals surface area (Å²) in [4.78, 5) is 0. The fourth-order valence-corrected chi connectivity index (χ4v) is 1.97. The first-order chi connectivity index (χ1) is 7.26. The molecule has 2 atom stereocenters. The molecule has 80 valence electrons. The average molecular weight is 204 g/mol. The van der Waals surface area contributed by atoms with E-state index in [2.05, 4.69) is 0 Å². The molecule has 0 amide bonds. The van der Waals surface area contributed by atoms with Crippen LogP contribution in [0.3, 0.4) is 0 Å². The molecule has 0 unspecified atom stereocenters. The minimum atomic E-state index is -0.768. The van der Waals surface area contributed by atoms with Crippen LogP contribution in [0.4, 0.5) is 0 Å². The zero-order chi connectivity index (χ0) is 10.7. The molecule has 0 saturated carbocycles. The monoisotopic (exact) mass is 204 g/mol. The van der Waals surface area contributed by atoms with Crippen LogP contribution in [0.15, 0.2) is 42.7 Å². The smallest absolute Gasteiger partial charge is 0.152 e. The van der Waals surface area contributed by atoms with E-state index >= 15 is 0 Å². The molecule has 1 aliphatic rings. The van der Waals surface area contributed by atoms with Gasteiger partial charge in [-0.2, -0.15) is 0 Å². The average Bonchev–Trinajstić information content (AvgIpc) is 2.31. The molecule has 0 spiro atoms. The van der Waals surface area contributed by atoms with Crippen molar-refractivity contribution >= 4 is 0 Å². The first-order valence-electron chi connectivity index (χ1n) is 5.34. The summed E-state index contributed by atoms with van der Waals surface area (Å²) in [6.45, 7) is 1.98. The van der Waals surface area contributed by atoms with Gasteiger partial charge >= 0.3 is 0 Å². The molecule has 1 heterocycles. The Morgan fingerprint density at radius 3 is 2.80 bits per heavy atom. The van der Waals surface area contributed by atoms with E-state index in [1.807, 2.05) is 43.3 Å². The van der Waals surface area contributed by atoms with Crippen LogP contribution in [0.25, 0.3) is 0 Å². The van der Waals surface area contributed by atoms with Gasteiger partial charge in [0.2, 0.25) is 0 Å². The molecule has 0 aromatic heterocycles. The van der Waals surface area contributed by atoms with Crippen LogP contribution < -0.4 is 0 Å². The second-order valence-electron chi connectivity index (χ2n) is 3.96. The van der Waals surface area contributed by atoms with E-state index in [1.165, 1.54) is 0 Å². The first kappa shape index (κ1) is 10.2. The van der Waals surface area contributed by atoms with Crippen molar-refractivity contribution in [2.45, 2.75) is 31.5 Å². The lowest BCUT2D eigenvalue weighted by Crippen LogP contribution is -2.37. The third kappa shape index (κ3) is 1.90. The molecule has 2 nitrogen and oxygen atoms in total. The molecule has 15 heavy (non-hydrogen) atoms. The summed E-state index contributed by atoms with van der Waals surface area (Å²) >= 11 is 0. The van der Waals surface area contributed by atoms with E-state index in [4.69, 9.17) is 4.74 Å². The number of hydrogen-bond donors (Lipinski definition) is 1. The Bertz CT molecular complexity index is 345. The highest BCUT2D eigenvalue weighted by Crippen LogP contribution is 2.37. The van der Waals surface area contributed by atoms with Crippen LogP contribution in [-0.2, 0) is 4.74 Å². The molecule has 1 aliphatic heterocycles. The van der Waals surface area contributed by atoms with Crippen molar-refractivity contribution in [2.24, 2.45) is 0 Å². The van der Waals surface area contributed by atoms with Crippen molar-refractivity contribution in [2.75, 3.05) is 0 Å². The van der Waals surface area contributed by atoms with Crippen molar-refractivity contribution in [1.29, 1.82) is 0 Å². The molecule has 1 aromatic rings. The maximum atomic E-state index is 10.4. The SMILES string of the molecule is CC[C@@]1(O)CC=CO[C@@H]1c1ccccc1. The minimum absolute atomic E-state index is 0.242. The fourth-order valence-electron chi connectivity index (χ4n) is 1.97. The highest BCUT2D eigenvalue weighted by atomic mass is 16.5. The fraction of sp³-hybridized carbons (Fsp3) is 0.385. The number of hydrogen-bond acceptors (Lipinski definition) is 2. The topological polar surface area (TPSA) is 29.5 Å². The highest BCUT2D eigenvalue weighted by Gasteiger charge is 2.38. The van der Waals surface area contributed by atoms with E-state index < -0.39 is 5.60 Å². The van der Waals surface area contributed by atoms with Crippen LogP contribution in [-0.4, -0.2) is 10.7 Å². The quantitative estimate of drug-likeness (QED) is 0.802. The van der Waals surface area contributed by atoms with E-state index in [9.17, 15) is 5.11 Å². The summed E-state index contributed by atoms with van der Waals surface area (Å²) in [5.74, 6) is 0. The Labute approximate surface area is 90.2 Å². The molecule has 1 N–H and O–H groups in total. The maximum Gasteiger partial charge on any atom is 0.152 e. The van der Waals surface area contributed by atoms with Crippen molar-refractivity contribution in [3.8, 4) is 0 Å². The van der Waals surface area contributed by atoms with Crippen LogP contribution in [0.2, 0.25) is 0 Å². The van der Waals surface area contributed by atoms with Crippen LogP contribution in [0, 0.1) is 0 Å². The van der Waals surface area contributed by atoms with Crippen molar-refractivity contribution < 1.29 is 9.84 Å². The number of aliphatic hydroxyl groups is 1. The zero-order valence-corrected chi connectivity index (χ0v) is 8.89. The largest absolute Gasteiger partial charge is 0.491 e. The van der Waals surface area contributed by atoms with Gasteiger partial charge in [0.25, 0.3) is 0 Å². The van der Waals surface area contributed by atoms with Gasteiger partial charge in [0.1, 0.15) is 5.60 Å². The van der Waals surface area contributed by atoms with Crippen molar-refractivity contribution in [3.63, 3.8) is 0 Å². The number of benzene rings is 1. The zero-order valence-electron chi connectivity index (χ0n) is 8.89. The van der Waals surface area contributed by atoms with Gasteiger partial charge in [0, 0.05) is 6.42 Å². The van der Waals surface area contributed by atoms with Crippen molar-refractivity contribution in [3.05, 3.63) is 48.2 Å². The molecule has 0 aliphatic carbocycles. The third-order valence-electron chi connectivity index (χ3n) is 2.98. The predicted molar refractivity (Wildman–Crippen MR) is 59.3 cm³/mol. The molecule has 2 heteroatoms. The summed E-state index contributed by atoms with van der Waals surface area (Å²) in [5, 5.41) is 10.4. The van der Waals surface area contributed by atoms with E-state index in [-0.39, 0.29) is 6.10 Å². The minimum Gasteiger partial charge on any atom is -0.491 e. The second-order valence-corrected chi connectivity index (χ2v) is 3.96. The number of ether oxygens (including phenoxy) is 1. The Morgan fingerprint density at radius 2 is 2.13 bits per heavy atom. The molecule has 2 rings (SSSR count). The van der Waals surface area contributed by atoms with E-state index in [0.29, 0.717) is 12.8 Å². The normalized spacial score (nSPS) is 29.9. The summed E-state index contributed by atoms with van der Waals surface area (Å²) in [6.07, 6.45) is 4.67. The lowest BCUT2D eigenvalue weighted by molar-refractivity contribution is -0.0937. The Hall–Kier alpha value is -1.28. The molecule has 0 bridgehead atoms. The summed E-state index contributed by atoms with van der Waals surface area (Å²) in [5.41, 5.74) is 0.266. The summed E-state index contributed by atoms with van der Waals surface area (Å²) < 4.78 is 5.54. The van der Waals surface area contributed by atoms with Crippen molar-refractivity contribution in [1.82, 2.24) is 0 Å². The van der Waals surface area contributed by atoms with Crippen LogP contribution >= 0.6 is 0 Å². The first-order valence-corrected chi connectivity index (χ1v) is 5.34.